The number of hydrogen-bond acceptors (Lipinski definition) is 3. The molecule has 1 atom stereocenters. The van der Waals surface area contributed by atoms with Crippen LogP contribution in [0.4, 0.5) is 5.69 Å². The Labute approximate surface area is 124 Å². The lowest BCUT2D eigenvalue weighted by Crippen LogP contribution is -2.04. The topological polar surface area (TPSA) is 29.4 Å². The number of rotatable bonds is 2. The molecular weight excluding hydrogens is 266 g/mol. The van der Waals surface area contributed by atoms with Gasteiger partial charge in [0, 0.05) is 22.1 Å². The van der Waals surface area contributed by atoms with Crippen molar-refractivity contribution in [3.05, 3.63) is 53.6 Å². The molecular formula is C17H15NOS. The lowest BCUT2D eigenvalue weighted by atomic mass is 10.1. The van der Waals surface area contributed by atoms with Crippen LogP contribution in [0.3, 0.4) is 0 Å². The molecule has 0 spiro atoms. The van der Waals surface area contributed by atoms with Gasteiger partial charge in [-0.15, -0.1) is 0 Å². The van der Waals surface area contributed by atoms with Gasteiger partial charge >= 0.3 is 0 Å². The van der Waals surface area contributed by atoms with Gasteiger partial charge in [-0.3, -0.25) is 9.79 Å². The molecule has 100 valence electrons. The standard InChI is InChI=1S/C17H15NOS/c1-10(11(2)20)18-12-7-8-14-13-5-3-4-6-15(13)17(19)16(14)9-12/h3-9,11,20H,1-2H3. The minimum Gasteiger partial charge on any atom is -0.289 e. The van der Waals surface area contributed by atoms with Gasteiger partial charge in [-0.25, -0.2) is 0 Å². The van der Waals surface area contributed by atoms with E-state index in [1.54, 1.807) is 0 Å². The molecule has 0 aliphatic heterocycles. The van der Waals surface area contributed by atoms with Crippen molar-refractivity contribution < 1.29 is 4.79 Å². The van der Waals surface area contributed by atoms with Gasteiger partial charge in [-0.1, -0.05) is 30.3 Å². The molecule has 0 radical (unpaired) electrons. The van der Waals surface area contributed by atoms with E-state index in [1.807, 2.05) is 56.3 Å². The summed E-state index contributed by atoms with van der Waals surface area (Å²) in [6.45, 7) is 3.93. The van der Waals surface area contributed by atoms with E-state index >= 15 is 0 Å². The van der Waals surface area contributed by atoms with Gasteiger partial charge in [0.1, 0.15) is 0 Å². The highest BCUT2D eigenvalue weighted by Crippen LogP contribution is 2.38. The molecule has 0 aromatic heterocycles. The number of fused-ring (bicyclic) bond motifs is 3. The van der Waals surface area contributed by atoms with Crippen molar-refractivity contribution in [3.63, 3.8) is 0 Å². The summed E-state index contributed by atoms with van der Waals surface area (Å²) in [5.41, 5.74) is 5.29. The summed E-state index contributed by atoms with van der Waals surface area (Å²) in [5, 5.41) is 0.108. The first-order valence-electron chi connectivity index (χ1n) is 6.59. The fourth-order valence-corrected chi connectivity index (χ4v) is 2.44. The second kappa shape index (κ2) is 4.91. The van der Waals surface area contributed by atoms with Crippen molar-refractivity contribution in [3.8, 4) is 11.1 Å². The van der Waals surface area contributed by atoms with Crippen LogP contribution >= 0.6 is 12.6 Å². The summed E-state index contributed by atoms with van der Waals surface area (Å²) in [6.07, 6.45) is 0. The molecule has 1 aliphatic rings. The van der Waals surface area contributed by atoms with Gasteiger partial charge in [0.05, 0.1) is 5.69 Å². The van der Waals surface area contributed by atoms with E-state index in [-0.39, 0.29) is 11.0 Å². The SMILES string of the molecule is CC(=Nc1ccc2c(c1)C(=O)c1ccccc1-2)C(C)S. The van der Waals surface area contributed by atoms with Crippen LogP contribution in [0.15, 0.2) is 47.5 Å². The lowest BCUT2D eigenvalue weighted by molar-refractivity contribution is 0.104. The van der Waals surface area contributed by atoms with Crippen molar-refractivity contribution in [1.29, 1.82) is 0 Å². The summed E-state index contributed by atoms with van der Waals surface area (Å²) in [7, 11) is 0. The zero-order valence-electron chi connectivity index (χ0n) is 11.4. The predicted octanol–water partition coefficient (Wildman–Crippen LogP) is 4.31. The van der Waals surface area contributed by atoms with E-state index in [0.29, 0.717) is 0 Å². The van der Waals surface area contributed by atoms with Crippen LogP contribution in [0.1, 0.15) is 29.8 Å². The molecule has 20 heavy (non-hydrogen) atoms. The van der Waals surface area contributed by atoms with Crippen LogP contribution in [0.25, 0.3) is 11.1 Å². The Morgan fingerprint density at radius 2 is 1.70 bits per heavy atom. The largest absolute Gasteiger partial charge is 0.289 e. The van der Waals surface area contributed by atoms with Crippen LogP contribution in [0, 0.1) is 0 Å². The van der Waals surface area contributed by atoms with Crippen LogP contribution < -0.4 is 0 Å². The molecule has 3 heteroatoms. The minimum absolute atomic E-state index is 0.0872. The second-order valence-corrected chi connectivity index (χ2v) is 5.81. The first-order chi connectivity index (χ1) is 9.58. The van der Waals surface area contributed by atoms with Crippen LogP contribution in [0.2, 0.25) is 0 Å². The van der Waals surface area contributed by atoms with Gasteiger partial charge in [0.15, 0.2) is 5.78 Å². The molecule has 0 saturated heterocycles. The Morgan fingerprint density at radius 1 is 1.05 bits per heavy atom. The lowest BCUT2D eigenvalue weighted by Gasteiger charge is -2.05. The van der Waals surface area contributed by atoms with E-state index in [9.17, 15) is 4.79 Å². The average Bonchev–Trinajstić information content (AvgIpc) is 2.73. The van der Waals surface area contributed by atoms with Crippen molar-refractivity contribution in [2.75, 3.05) is 0 Å². The number of aliphatic imine (C=N–C) groups is 1. The maximum Gasteiger partial charge on any atom is 0.194 e. The quantitative estimate of drug-likeness (QED) is 0.550. The highest BCUT2D eigenvalue weighted by atomic mass is 32.1. The molecule has 2 nitrogen and oxygen atoms in total. The molecule has 0 amide bonds. The Hall–Kier alpha value is -1.87. The molecule has 0 fully saturated rings. The maximum atomic E-state index is 12.4. The third-order valence-electron chi connectivity index (χ3n) is 3.62. The third kappa shape index (κ3) is 2.08. The van der Waals surface area contributed by atoms with Gasteiger partial charge in [-0.2, -0.15) is 12.6 Å². The van der Waals surface area contributed by atoms with E-state index < -0.39 is 0 Å². The van der Waals surface area contributed by atoms with E-state index in [1.165, 1.54) is 0 Å². The van der Waals surface area contributed by atoms with Crippen molar-refractivity contribution in [2.24, 2.45) is 4.99 Å². The zero-order chi connectivity index (χ0) is 14.3. The first-order valence-corrected chi connectivity index (χ1v) is 7.11. The van der Waals surface area contributed by atoms with Crippen LogP contribution in [-0.4, -0.2) is 16.7 Å². The monoisotopic (exact) mass is 281 g/mol. The summed E-state index contributed by atoms with van der Waals surface area (Å²) >= 11 is 4.37. The Bertz CT molecular complexity index is 732. The molecule has 1 aliphatic carbocycles. The Kier molecular flexibility index (Phi) is 3.22. The van der Waals surface area contributed by atoms with Crippen molar-refractivity contribution in [1.82, 2.24) is 0 Å². The summed E-state index contributed by atoms with van der Waals surface area (Å²) < 4.78 is 0. The predicted molar refractivity (Wildman–Crippen MR) is 86.5 cm³/mol. The number of nitrogens with zero attached hydrogens (tertiary/aromatic N) is 1. The summed E-state index contributed by atoms with van der Waals surface area (Å²) in [6, 6.07) is 13.5. The van der Waals surface area contributed by atoms with E-state index in [0.717, 1.165) is 33.7 Å². The maximum absolute atomic E-state index is 12.4. The number of carbonyl (C=O) groups excluding carboxylic acids is 1. The highest BCUT2D eigenvalue weighted by Gasteiger charge is 2.26. The summed E-state index contributed by atoms with van der Waals surface area (Å²) in [4.78, 5) is 16.9. The van der Waals surface area contributed by atoms with E-state index in [4.69, 9.17) is 0 Å². The molecule has 0 heterocycles. The normalized spacial score (nSPS) is 14.9. The number of carbonyl (C=O) groups is 1. The third-order valence-corrected chi connectivity index (χ3v) is 3.99. The summed E-state index contributed by atoms with van der Waals surface area (Å²) in [5.74, 6) is 0.0872. The molecule has 0 N–H and O–H groups in total. The van der Waals surface area contributed by atoms with Crippen molar-refractivity contribution >= 4 is 29.8 Å². The molecule has 1 unspecified atom stereocenters. The molecule has 0 bridgehead atoms. The number of benzene rings is 2. The van der Waals surface area contributed by atoms with Gasteiger partial charge in [-0.05, 0) is 37.1 Å². The van der Waals surface area contributed by atoms with Gasteiger partial charge in [0.25, 0.3) is 0 Å². The van der Waals surface area contributed by atoms with Crippen LogP contribution in [-0.2, 0) is 0 Å². The van der Waals surface area contributed by atoms with Gasteiger partial charge in [0.2, 0.25) is 0 Å². The smallest absolute Gasteiger partial charge is 0.194 e. The fourth-order valence-electron chi connectivity index (χ4n) is 2.38. The van der Waals surface area contributed by atoms with Gasteiger partial charge < -0.3 is 0 Å². The molecule has 2 aromatic rings. The first kappa shape index (κ1) is 13.1. The second-order valence-electron chi connectivity index (χ2n) is 5.03. The van der Waals surface area contributed by atoms with E-state index in [2.05, 4.69) is 17.6 Å². The minimum atomic E-state index is 0.0872. The van der Waals surface area contributed by atoms with Crippen molar-refractivity contribution in [2.45, 2.75) is 19.1 Å². The van der Waals surface area contributed by atoms with Crippen LogP contribution in [0.5, 0.6) is 0 Å². The average molecular weight is 281 g/mol. The molecule has 2 aromatic carbocycles. The number of hydrogen-bond donors (Lipinski definition) is 1. The highest BCUT2D eigenvalue weighted by molar-refractivity contribution is 7.81. The Balaban J connectivity index is 2.09. The Morgan fingerprint density at radius 3 is 2.40 bits per heavy atom. The number of ketones is 1. The number of thiol groups is 1. The molecule has 0 saturated carbocycles. The molecule has 3 rings (SSSR count). The fraction of sp³-hybridized carbons (Fsp3) is 0.176. The zero-order valence-corrected chi connectivity index (χ0v) is 12.3.